The second-order valence-corrected chi connectivity index (χ2v) is 6.38. The maximum atomic E-state index is 2.43. The summed E-state index contributed by atoms with van der Waals surface area (Å²) in [7, 11) is 0. The third-order valence-electron chi connectivity index (χ3n) is 4.24. The second-order valence-electron chi connectivity index (χ2n) is 6.38. The van der Waals surface area contributed by atoms with Gasteiger partial charge in [0.2, 0.25) is 0 Å². The first-order valence-electron chi connectivity index (χ1n) is 9.32. The molecule has 2 aromatic carbocycles. The minimum Gasteiger partial charge on any atom is -0.0810 e. The molecule has 2 aromatic rings. The van der Waals surface area contributed by atoms with E-state index >= 15 is 0 Å². The van der Waals surface area contributed by atoms with Gasteiger partial charge in [-0.1, -0.05) is 105 Å². The molecule has 0 aliphatic rings. The molecule has 0 bridgehead atoms. The van der Waals surface area contributed by atoms with Gasteiger partial charge in [-0.25, -0.2) is 0 Å². The lowest BCUT2D eigenvalue weighted by molar-refractivity contribution is 0.673. The fourth-order valence-electron chi connectivity index (χ4n) is 2.85. The predicted octanol–water partition coefficient (Wildman–Crippen LogP) is 6.92. The van der Waals surface area contributed by atoms with Crippen molar-refractivity contribution in [3.8, 4) is 0 Å². The molecule has 0 fully saturated rings. The molecule has 0 N–H and O–H groups in total. The number of benzene rings is 2. The van der Waals surface area contributed by atoms with Crippen molar-refractivity contribution < 1.29 is 0 Å². The molecule has 2 rings (SSSR count). The first-order chi connectivity index (χ1) is 11.9. The van der Waals surface area contributed by atoms with Crippen LogP contribution in [0, 0.1) is 0 Å². The van der Waals surface area contributed by atoms with Gasteiger partial charge >= 0.3 is 0 Å². The van der Waals surface area contributed by atoms with Crippen molar-refractivity contribution in [3.63, 3.8) is 0 Å². The van der Waals surface area contributed by atoms with Crippen LogP contribution in [-0.2, 0) is 12.8 Å². The lowest BCUT2D eigenvalue weighted by Gasteiger charge is -2.04. The summed E-state index contributed by atoms with van der Waals surface area (Å²) in [5.74, 6) is 0. The Kier molecular flexibility index (Phi) is 8.72. The number of hydrogen-bond acceptors (Lipinski definition) is 0. The Balaban J connectivity index is 1.94. The second kappa shape index (κ2) is 11.5. The summed E-state index contributed by atoms with van der Waals surface area (Å²) >= 11 is 0. The molecule has 0 nitrogen and oxygen atoms in total. The number of rotatable bonds is 10. The zero-order chi connectivity index (χ0) is 16.9. The van der Waals surface area contributed by atoms with E-state index in [0.29, 0.717) is 0 Å². The van der Waals surface area contributed by atoms with Crippen LogP contribution in [0.5, 0.6) is 0 Å². The Labute approximate surface area is 147 Å². The Morgan fingerprint density at radius 3 is 2.12 bits per heavy atom. The molecule has 0 aliphatic carbocycles. The molecular formula is C24H30. The highest BCUT2D eigenvalue weighted by atomic mass is 14.0. The average Bonchev–Trinajstić information content (AvgIpc) is 2.63. The van der Waals surface area contributed by atoms with Crippen LogP contribution in [0.15, 0.2) is 84.5 Å². The first-order valence-corrected chi connectivity index (χ1v) is 9.32. The molecule has 0 atom stereocenters. The van der Waals surface area contributed by atoms with Crippen LogP contribution in [0.4, 0.5) is 0 Å². The van der Waals surface area contributed by atoms with Crippen molar-refractivity contribution in [1.82, 2.24) is 0 Å². The Morgan fingerprint density at radius 2 is 1.46 bits per heavy atom. The van der Waals surface area contributed by atoms with E-state index in [1.54, 1.807) is 0 Å². The normalized spacial score (nSPS) is 12.0. The summed E-state index contributed by atoms with van der Waals surface area (Å²) in [5.41, 5.74) is 4.20. The molecule has 0 aliphatic heterocycles. The van der Waals surface area contributed by atoms with Crippen LogP contribution < -0.4 is 0 Å². The van der Waals surface area contributed by atoms with Gasteiger partial charge < -0.3 is 0 Å². The standard InChI is InChI=1S/C24H30/c1-2-3-4-5-8-16-24(21-23-17-11-7-12-18-23)20-13-19-22-14-9-6-10-15-22/h6-7,9-18,20H,2-5,8,19,21H2,1H3/b20-13+,24-16-. The SMILES string of the molecule is CCCCCC/C=C(/C=C/Cc1ccccc1)Cc1ccccc1. The van der Waals surface area contributed by atoms with Gasteiger partial charge in [0.15, 0.2) is 0 Å². The fourth-order valence-corrected chi connectivity index (χ4v) is 2.85. The van der Waals surface area contributed by atoms with E-state index in [9.17, 15) is 0 Å². The average molecular weight is 319 g/mol. The molecule has 0 saturated carbocycles. The highest BCUT2D eigenvalue weighted by Crippen LogP contribution is 2.13. The van der Waals surface area contributed by atoms with E-state index in [1.165, 1.54) is 48.8 Å². The lowest BCUT2D eigenvalue weighted by atomic mass is 10.0. The number of unbranched alkanes of at least 4 members (excludes halogenated alkanes) is 4. The zero-order valence-electron chi connectivity index (χ0n) is 15.0. The fraction of sp³-hybridized carbons (Fsp3) is 0.333. The molecule has 24 heavy (non-hydrogen) atoms. The molecule has 0 amide bonds. The molecule has 0 saturated heterocycles. The van der Waals surface area contributed by atoms with Crippen molar-refractivity contribution in [2.75, 3.05) is 0 Å². The Hall–Kier alpha value is -2.08. The monoisotopic (exact) mass is 318 g/mol. The molecule has 0 heterocycles. The van der Waals surface area contributed by atoms with Gasteiger partial charge in [0.05, 0.1) is 0 Å². The topological polar surface area (TPSA) is 0 Å². The van der Waals surface area contributed by atoms with E-state index in [2.05, 4.69) is 85.8 Å². The summed E-state index contributed by atoms with van der Waals surface area (Å²) in [4.78, 5) is 0. The summed E-state index contributed by atoms with van der Waals surface area (Å²) < 4.78 is 0. The summed E-state index contributed by atoms with van der Waals surface area (Å²) in [6.45, 7) is 2.27. The van der Waals surface area contributed by atoms with Crippen LogP contribution in [0.1, 0.15) is 50.2 Å². The van der Waals surface area contributed by atoms with Crippen molar-refractivity contribution in [3.05, 3.63) is 95.6 Å². The highest BCUT2D eigenvalue weighted by molar-refractivity contribution is 5.29. The molecule has 126 valence electrons. The van der Waals surface area contributed by atoms with Crippen LogP contribution in [0.3, 0.4) is 0 Å². The number of allylic oxidation sites excluding steroid dienone is 4. The predicted molar refractivity (Wildman–Crippen MR) is 106 cm³/mol. The maximum Gasteiger partial charge on any atom is -0.00290 e. The van der Waals surface area contributed by atoms with Crippen molar-refractivity contribution >= 4 is 0 Å². The van der Waals surface area contributed by atoms with Crippen molar-refractivity contribution in [2.45, 2.75) is 51.9 Å². The van der Waals surface area contributed by atoms with Gasteiger partial charge in [0, 0.05) is 0 Å². The van der Waals surface area contributed by atoms with Gasteiger partial charge in [0.25, 0.3) is 0 Å². The van der Waals surface area contributed by atoms with Gasteiger partial charge in [-0.15, -0.1) is 0 Å². The summed E-state index contributed by atoms with van der Waals surface area (Å²) in [5, 5.41) is 0. The molecule has 0 aromatic heterocycles. The minimum atomic E-state index is 1.00. The van der Waals surface area contributed by atoms with Gasteiger partial charge in [-0.05, 0) is 42.4 Å². The van der Waals surface area contributed by atoms with Crippen molar-refractivity contribution in [2.24, 2.45) is 0 Å². The first kappa shape index (κ1) is 18.3. The lowest BCUT2D eigenvalue weighted by Crippen LogP contribution is -1.89. The largest absolute Gasteiger partial charge is 0.0810 e. The highest BCUT2D eigenvalue weighted by Gasteiger charge is 1.97. The van der Waals surface area contributed by atoms with E-state index in [0.717, 1.165) is 12.8 Å². The molecule has 0 radical (unpaired) electrons. The maximum absolute atomic E-state index is 2.43. The van der Waals surface area contributed by atoms with Crippen LogP contribution in [-0.4, -0.2) is 0 Å². The molecule has 0 spiro atoms. The van der Waals surface area contributed by atoms with E-state index in [1.807, 2.05) is 0 Å². The van der Waals surface area contributed by atoms with Crippen LogP contribution in [0.25, 0.3) is 0 Å². The molecule has 0 heteroatoms. The Morgan fingerprint density at radius 1 is 0.792 bits per heavy atom. The zero-order valence-corrected chi connectivity index (χ0v) is 15.0. The van der Waals surface area contributed by atoms with E-state index in [4.69, 9.17) is 0 Å². The molecule has 0 unspecified atom stereocenters. The van der Waals surface area contributed by atoms with Crippen molar-refractivity contribution in [1.29, 1.82) is 0 Å². The smallest absolute Gasteiger partial charge is 0.00290 e. The summed E-state index contributed by atoms with van der Waals surface area (Å²) in [6, 6.07) is 21.4. The Bertz CT molecular complexity index is 605. The van der Waals surface area contributed by atoms with Gasteiger partial charge in [0.1, 0.15) is 0 Å². The minimum absolute atomic E-state index is 1.00. The summed E-state index contributed by atoms with van der Waals surface area (Å²) in [6.07, 6.45) is 15.6. The van der Waals surface area contributed by atoms with Gasteiger partial charge in [-0.2, -0.15) is 0 Å². The van der Waals surface area contributed by atoms with E-state index in [-0.39, 0.29) is 0 Å². The number of hydrogen-bond donors (Lipinski definition) is 0. The quantitative estimate of drug-likeness (QED) is 0.329. The molecular weight excluding hydrogens is 288 g/mol. The van der Waals surface area contributed by atoms with Crippen LogP contribution >= 0.6 is 0 Å². The van der Waals surface area contributed by atoms with E-state index < -0.39 is 0 Å². The van der Waals surface area contributed by atoms with Crippen LogP contribution in [0.2, 0.25) is 0 Å². The van der Waals surface area contributed by atoms with Gasteiger partial charge in [-0.3, -0.25) is 0 Å². The third-order valence-corrected chi connectivity index (χ3v) is 4.24. The third kappa shape index (κ3) is 7.46.